The Balaban J connectivity index is 2.99. The Kier molecular flexibility index (Phi) is 3.12. The zero-order valence-corrected chi connectivity index (χ0v) is 9.12. The molecule has 15 heavy (non-hydrogen) atoms. The smallest absolute Gasteiger partial charge is 0.312 e. The molecule has 1 atom stereocenters. The minimum atomic E-state index is -1.49. The van der Waals surface area contributed by atoms with Crippen molar-refractivity contribution in [1.82, 2.24) is 0 Å². The molecule has 1 N–H and O–H groups in total. The lowest BCUT2D eigenvalue weighted by Gasteiger charge is -2.24. The first-order valence-corrected chi connectivity index (χ1v) is 4.79. The van der Waals surface area contributed by atoms with Crippen molar-refractivity contribution in [3.63, 3.8) is 0 Å². The van der Waals surface area contributed by atoms with Crippen LogP contribution in [-0.4, -0.2) is 11.1 Å². The Morgan fingerprint density at radius 1 is 1.33 bits per heavy atom. The molecule has 0 bridgehead atoms. The van der Waals surface area contributed by atoms with Gasteiger partial charge in [0, 0.05) is 0 Å². The monoisotopic (exact) mass is 210 g/mol. The van der Waals surface area contributed by atoms with Gasteiger partial charge in [0.25, 0.3) is 0 Å². The molecule has 2 nitrogen and oxygen atoms in total. The maximum atomic E-state index is 13.9. The van der Waals surface area contributed by atoms with Crippen LogP contribution in [0.3, 0.4) is 0 Å². The topological polar surface area (TPSA) is 37.3 Å². The first-order valence-electron chi connectivity index (χ1n) is 4.79. The van der Waals surface area contributed by atoms with Crippen molar-refractivity contribution < 1.29 is 14.3 Å². The van der Waals surface area contributed by atoms with E-state index in [1.54, 1.807) is 24.3 Å². The van der Waals surface area contributed by atoms with Gasteiger partial charge < -0.3 is 5.11 Å². The fourth-order valence-electron chi connectivity index (χ4n) is 1.26. The molecule has 0 fully saturated rings. The Morgan fingerprint density at radius 3 is 2.20 bits per heavy atom. The molecule has 1 rings (SSSR count). The highest BCUT2D eigenvalue weighted by Crippen LogP contribution is 2.36. The van der Waals surface area contributed by atoms with Gasteiger partial charge in [-0.1, -0.05) is 29.8 Å². The quantitative estimate of drug-likeness (QED) is 0.832. The van der Waals surface area contributed by atoms with E-state index in [9.17, 15) is 9.18 Å². The van der Waals surface area contributed by atoms with Gasteiger partial charge in [0.1, 0.15) is 6.17 Å². The van der Waals surface area contributed by atoms with Crippen molar-refractivity contribution >= 4 is 5.97 Å². The highest BCUT2D eigenvalue weighted by atomic mass is 19.1. The van der Waals surface area contributed by atoms with Gasteiger partial charge in [-0.2, -0.15) is 0 Å². The standard InChI is InChI=1S/C12H15FO2/c1-8-4-6-9(7-5-8)10(13)12(2,3)11(14)15/h4-7,10H,1-3H3,(H,14,15). The second-order valence-corrected chi connectivity index (χ2v) is 4.30. The molecule has 0 saturated heterocycles. The van der Waals surface area contributed by atoms with Crippen molar-refractivity contribution in [2.24, 2.45) is 5.41 Å². The normalized spacial score (nSPS) is 13.6. The second kappa shape index (κ2) is 4.01. The maximum absolute atomic E-state index is 13.9. The zero-order valence-electron chi connectivity index (χ0n) is 9.12. The third-order valence-corrected chi connectivity index (χ3v) is 2.55. The number of aryl methyl sites for hydroxylation is 1. The number of halogens is 1. The molecule has 1 aromatic rings. The Labute approximate surface area is 88.7 Å². The van der Waals surface area contributed by atoms with Gasteiger partial charge in [-0.15, -0.1) is 0 Å². The molecule has 0 aliphatic rings. The van der Waals surface area contributed by atoms with Crippen LogP contribution in [0.15, 0.2) is 24.3 Å². The van der Waals surface area contributed by atoms with E-state index < -0.39 is 17.6 Å². The summed E-state index contributed by atoms with van der Waals surface area (Å²) in [5.41, 5.74) is 0.0435. The molecule has 82 valence electrons. The summed E-state index contributed by atoms with van der Waals surface area (Å²) < 4.78 is 13.9. The predicted molar refractivity (Wildman–Crippen MR) is 56.4 cm³/mol. The number of hydrogen-bond acceptors (Lipinski definition) is 1. The molecule has 0 aliphatic heterocycles. The predicted octanol–water partition coefficient (Wildman–Crippen LogP) is 3.12. The summed E-state index contributed by atoms with van der Waals surface area (Å²) in [6.45, 7) is 4.68. The SMILES string of the molecule is Cc1ccc(C(F)C(C)(C)C(=O)O)cc1. The van der Waals surface area contributed by atoms with Gasteiger partial charge >= 0.3 is 5.97 Å². The minimum Gasteiger partial charge on any atom is -0.481 e. The average molecular weight is 210 g/mol. The molecular weight excluding hydrogens is 195 g/mol. The Morgan fingerprint density at radius 2 is 1.80 bits per heavy atom. The number of carboxylic acids is 1. The summed E-state index contributed by atoms with van der Waals surface area (Å²) in [4.78, 5) is 10.9. The number of aliphatic carboxylic acids is 1. The van der Waals surface area contributed by atoms with E-state index in [0.29, 0.717) is 5.56 Å². The molecule has 0 radical (unpaired) electrons. The van der Waals surface area contributed by atoms with Gasteiger partial charge in [-0.25, -0.2) is 4.39 Å². The van der Waals surface area contributed by atoms with Crippen molar-refractivity contribution in [3.8, 4) is 0 Å². The molecule has 1 unspecified atom stereocenters. The van der Waals surface area contributed by atoms with Crippen LogP contribution in [-0.2, 0) is 4.79 Å². The fourth-order valence-corrected chi connectivity index (χ4v) is 1.26. The largest absolute Gasteiger partial charge is 0.481 e. The Bertz CT molecular complexity index is 354. The summed E-state index contributed by atoms with van der Waals surface area (Å²) in [7, 11) is 0. The summed E-state index contributed by atoms with van der Waals surface area (Å²) in [6.07, 6.45) is -1.49. The van der Waals surface area contributed by atoms with Crippen LogP contribution in [0.25, 0.3) is 0 Å². The zero-order chi connectivity index (χ0) is 11.6. The van der Waals surface area contributed by atoms with Crippen LogP contribution in [0.4, 0.5) is 4.39 Å². The number of alkyl halides is 1. The Hall–Kier alpha value is -1.38. The van der Waals surface area contributed by atoms with E-state index >= 15 is 0 Å². The van der Waals surface area contributed by atoms with E-state index in [2.05, 4.69) is 0 Å². The minimum absolute atomic E-state index is 0.410. The van der Waals surface area contributed by atoms with E-state index in [0.717, 1.165) is 5.56 Å². The van der Waals surface area contributed by atoms with Crippen LogP contribution in [0.1, 0.15) is 31.1 Å². The van der Waals surface area contributed by atoms with E-state index in [1.807, 2.05) is 6.92 Å². The van der Waals surface area contributed by atoms with Gasteiger partial charge in [0.2, 0.25) is 0 Å². The second-order valence-electron chi connectivity index (χ2n) is 4.30. The number of hydrogen-bond donors (Lipinski definition) is 1. The third kappa shape index (κ3) is 2.35. The molecule has 1 aromatic carbocycles. The van der Waals surface area contributed by atoms with Crippen molar-refractivity contribution in [1.29, 1.82) is 0 Å². The summed E-state index contributed by atoms with van der Waals surface area (Å²) in [5, 5.41) is 8.89. The molecule has 0 heterocycles. The van der Waals surface area contributed by atoms with Crippen LogP contribution in [0, 0.1) is 12.3 Å². The molecule has 0 spiro atoms. The lowest BCUT2D eigenvalue weighted by Crippen LogP contribution is -2.29. The number of rotatable bonds is 3. The molecule has 0 amide bonds. The molecular formula is C12H15FO2. The number of carbonyl (C=O) groups is 1. The first-order chi connectivity index (χ1) is 6.85. The van der Waals surface area contributed by atoms with E-state index in [4.69, 9.17) is 5.11 Å². The van der Waals surface area contributed by atoms with Crippen LogP contribution in [0.2, 0.25) is 0 Å². The van der Waals surface area contributed by atoms with Gasteiger partial charge in [0.15, 0.2) is 0 Å². The first kappa shape index (κ1) is 11.7. The molecule has 0 aromatic heterocycles. The van der Waals surface area contributed by atoms with Crippen molar-refractivity contribution in [2.75, 3.05) is 0 Å². The van der Waals surface area contributed by atoms with Gasteiger partial charge in [-0.3, -0.25) is 4.79 Å². The number of carboxylic acid groups (broad SMARTS) is 1. The van der Waals surface area contributed by atoms with Crippen molar-refractivity contribution in [2.45, 2.75) is 26.9 Å². The highest BCUT2D eigenvalue weighted by Gasteiger charge is 2.38. The average Bonchev–Trinajstić information content (AvgIpc) is 2.17. The fraction of sp³-hybridized carbons (Fsp3) is 0.417. The lowest BCUT2D eigenvalue weighted by atomic mass is 9.84. The lowest BCUT2D eigenvalue weighted by molar-refractivity contribution is -0.150. The van der Waals surface area contributed by atoms with Crippen LogP contribution >= 0.6 is 0 Å². The van der Waals surface area contributed by atoms with Crippen molar-refractivity contribution in [3.05, 3.63) is 35.4 Å². The van der Waals surface area contributed by atoms with Gasteiger partial charge in [-0.05, 0) is 26.3 Å². The highest BCUT2D eigenvalue weighted by molar-refractivity contribution is 5.74. The molecule has 0 aliphatic carbocycles. The van der Waals surface area contributed by atoms with E-state index in [-0.39, 0.29) is 0 Å². The maximum Gasteiger partial charge on any atom is 0.312 e. The third-order valence-electron chi connectivity index (χ3n) is 2.55. The molecule has 3 heteroatoms. The summed E-state index contributed by atoms with van der Waals surface area (Å²) in [6, 6.07) is 6.81. The molecule has 0 saturated carbocycles. The number of benzene rings is 1. The van der Waals surface area contributed by atoms with Gasteiger partial charge in [0.05, 0.1) is 5.41 Å². The van der Waals surface area contributed by atoms with Crippen LogP contribution < -0.4 is 0 Å². The summed E-state index contributed by atoms with van der Waals surface area (Å²) >= 11 is 0. The van der Waals surface area contributed by atoms with E-state index in [1.165, 1.54) is 13.8 Å². The summed E-state index contributed by atoms with van der Waals surface area (Å²) in [5.74, 6) is -1.13. The van der Waals surface area contributed by atoms with Crippen LogP contribution in [0.5, 0.6) is 0 Å².